The van der Waals surface area contributed by atoms with Crippen LogP contribution in [0.25, 0.3) is 0 Å². The number of carbonyl (C=O) groups excluding carboxylic acids is 1. The minimum atomic E-state index is -1.31. The molecule has 0 saturated carbocycles. The summed E-state index contributed by atoms with van der Waals surface area (Å²) in [4.78, 5) is 11.3. The molecular weight excluding hydrogens is 264 g/mol. The Labute approximate surface area is 127 Å². The van der Waals surface area contributed by atoms with Crippen molar-refractivity contribution in [3.8, 4) is 0 Å². The van der Waals surface area contributed by atoms with Crippen LogP contribution in [0.2, 0.25) is 19.1 Å². The largest absolute Gasteiger partial charge is 0.420 e. The van der Waals surface area contributed by atoms with Gasteiger partial charge in [-0.2, -0.15) is 0 Å². The van der Waals surface area contributed by atoms with Gasteiger partial charge in [0.2, 0.25) is 0 Å². The topological polar surface area (TPSA) is 26.3 Å². The van der Waals surface area contributed by atoms with Crippen molar-refractivity contribution in [3.63, 3.8) is 0 Å². The van der Waals surface area contributed by atoms with Gasteiger partial charge in [-0.05, 0) is 32.0 Å². The van der Waals surface area contributed by atoms with Crippen molar-refractivity contribution in [2.75, 3.05) is 7.11 Å². The second-order valence-electron chi connectivity index (χ2n) is 6.58. The standard InChI is InChI=1S/C17H36O2Si/c1-5-14-17(18)15-12-10-8-6-7-9-11-13-16-20(3,4)19-2/h5-16H2,1-4H3. The summed E-state index contributed by atoms with van der Waals surface area (Å²) in [6.45, 7) is 6.67. The van der Waals surface area contributed by atoms with Gasteiger partial charge in [-0.15, -0.1) is 0 Å². The third-order valence-electron chi connectivity index (χ3n) is 4.07. The lowest BCUT2D eigenvalue weighted by molar-refractivity contribution is -0.119. The summed E-state index contributed by atoms with van der Waals surface area (Å²) in [6.07, 6.45) is 13.0. The third kappa shape index (κ3) is 12.9. The lowest BCUT2D eigenvalue weighted by Crippen LogP contribution is -2.27. The zero-order valence-corrected chi connectivity index (χ0v) is 15.3. The molecule has 0 aliphatic rings. The van der Waals surface area contributed by atoms with Gasteiger partial charge in [0, 0.05) is 20.0 Å². The van der Waals surface area contributed by atoms with Gasteiger partial charge < -0.3 is 4.43 Å². The summed E-state index contributed by atoms with van der Waals surface area (Å²) in [5, 5.41) is 0. The summed E-state index contributed by atoms with van der Waals surface area (Å²) in [6, 6.07) is 1.29. The van der Waals surface area contributed by atoms with Gasteiger partial charge in [0.1, 0.15) is 5.78 Å². The zero-order chi connectivity index (χ0) is 15.3. The Morgan fingerprint density at radius 3 is 1.85 bits per heavy atom. The van der Waals surface area contributed by atoms with E-state index in [1.165, 1.54) is 51.0 Å². The molecule has 120 valence electrons. The molecule has 0 aromatic heterocycles. The Kier molecular flexibility index (Phi) is 12.5. The van der Waals surface area contributed by atoms with Crippen LogP contribution in [0.1, 0.15) is 77.6 Å². The van der Waals surface area contributed by atoms with E-state index in [0.717, 1.165) is 25.7 Å². The molecule has 0 aromatic rings. The number of hydrogen-bond donors (Lipinski definition) is 0. The van der Waals surface area contributed by atoms with E-state index in [-0.39, 0.29) is 0 Å². The van der Waals surface area contributed by atoms with E-state index in [9.17, 15) is 4.79 Å². The van der Waals surface area contributed by atoms with Gasteiger partial charge in [0.05, 0.1) is 0 Å². The second-order valence-corrected chi connectivity index (χ2v) is 11.0. The molecule has 0 N–H and O–H groups in total. The van der Waals surface area contributed by atoms with Gasteiger partial charge in [0.15, 0.2) is 8.32 Å². The molecule has 0 spiro atoms. The molecule has 0 atom stereocenters. The van der Waals surface area contributed by atoms with E-state index in [1.54, 1.807) is 0 Å². The molecule has 2 nitrogen and oxygen atoms in total. The van der Waals surface area contributed by atoms with Gasteiger partial charge in [-0.25, -0.2) is 0 Å². The molecule has 0 heterocycles. The molecule has 0 bridgehead atoms. The fourth-order valence-electron chi connectivity index (χ4n) is 2.44. The van der Waals surface area contributed by atoms with Crippen LogP contribution < -0.4 is 0 Å². The highest BCUT2D eigenvalue weighted by atomic mass is 28.4. The average molecular weight is 301 g/mol. The summed E-state index contributed by atoms with van der Waals surface area (Å²) >= 11 is 0. The number of carbonyl (C=O) groups is 1. The molecule has 0 saturated heterocycles. The van der Waals surface area contributed by atoms with Crippen molar-refractivity contribution >= 4 is 14.1 Å². The third-order valence-corrected chi connectivity index (χ3v) is 6.73. The first-order chi connectivity index (χ1) is 9.52. The Morgan fingerprint density at radius 2 is 1.35 bits per heavy atom. The highest BCUT2D eigenvalue weighted by molar-refractivity contribution is 6.71. The molecule has 0 aliphatic carbocycles. The van der Waals surface area contributed by atoms with Crippen LogP contribution in [-0.4, -0.2) is 21.2 Å². The van der Waals surface area contributed by atoms with Crippen LogP contribution in [0.3, 0.4) is 0 Å². The highest BCUT2D eigenvalue weighted by Crippen LogP contribution is 2.17. The maximum absolute atomic E-state index is 11.3. The van der Waals surface area contributed by atoms with E-state index in [2.05, 4.69) is 20.0 Å². The molecule has 20 heavy (non-hydrogen) atoms. The molecular formula is C17H36O2Si. The molecule has 0 rings (SSSR count). The van der Waals surface area contributed by atoms with Crippen LogP contribution in [-0.2, 0) is 9.22 Å². The van der Waals surface area contributed by atoms with Crippen molar-refractivity contribution in [3.05, 3.63) is 0 Å². The zero-order valence-electron chi connectivity index (χ0n) is 14.3. The van der Waals surface area contributed by atoms with E-state index in [0.29, 0.717) is 5.78 Å². The lowest BCUT2D eigenvalue weighted by atomic mass is 10.0. The summed E-state index contributed by atoms with van der Waals surface area (Å²) in [7, 11) is 0.546. The first-order valence-corrected chi connectivity index (χ1v) is 11.7. The van der Waals surface area contributed by atoms with Crippen LogP contribution >= 0.6 is 0 Å². The summed E-state index contributed by atoms with van der Waals surface area (Å²) in [5.41, 5.74) is 0. The second kappa shape index (κ2) is 12.6. The predicted octanol–water partition coefficient (Wildman–Crippen LogP) is 5.72. The van der Waals surface area contributed by atoms with E-state index in [1.807, 2.05) is 7.11 Å². The quantitative estimate of drug-likeness (QED) is 0.303. The number of Topliss-reactive ketones (excluding diaryl/α,β-unsaturated/α-hetero) is 1. The number of unbranched alkanes of at least 4 members (excludes halogenated alkanes) is 7. The highest BCUT2D eigenvalue weighted by Gasteiger charge is 2.18. The number of hydrogen-bond acceptors (Lipinski definition) is 2. The van der Waals surface area contributed by atoms with Crippen molar-refractivity contribution in [2.24, 2.45) is 0 Å². The van der Waals surface area contributed by atoms with Crippen molar-refractivity contribution < 1.29 is 9.22 Å². The Bertz CT molecular complexity index is 239. The minimum Gasteiger partial charge on any atom is -0.420 e. The molecule has 0 amide bonds. The Balaban J connectivity index is 3.19. The van der Waals surface area contributed by atoms with E-state index in [4.69, 9.17) is 4.43 Å². The van der Waals surface area contributed by atoms with Gasteiger partial charge in [-0.3, -0.25) is 4.79 Å². The van der Waals surface area contributed by atoms with Gasteiger partial charge >= 0.3 is 0 Å². The van der Waals surface area contributed by atoms with Crippen molar-refractivity contribution in [2.45, 2.75) is 96.7 Å². The molecule has 0 fully saturated rings. The molecule has 3 heteroatoms. The average Bonchev–Trinajstić information content (AvgIpc) is 2.41. The van der Waals surface area contributed by atoms with E-state index >= 15 is 0 Å². The monoisotopic (exact) mass is 300 g/mol. The normalized spacial score (nSPS) is 11.8. The van der Waals surface area contributed by atoms with Crippen LogP contribution in [0.5, 0.6) is 0 Å². The van der Waals surface area contributed by atoms with Crippen LogP contribution in [0.4, 0.5) is 0 Å². The summed E-state index contributed by atoms with van der Waals surface area (Å²) in [5.74, 6) is 0.456. The molecule has 0 radical (unpaired) electrons. The summed E-state index contributed by atoms with van der Waals surface area (Å²) < 4.78 is 5.56. The minimum absolute atomic E-state index is 0.456. The molecule has 0 unspecified atom stereocenters. The van der Waals surface area contributed by atoms with Gasteiger partial charge in [0.25, 0.3) is 0 Å². The number of rotatable bonds is 14. The van der Waals surface area contributed by atoms with E-state index < -0.39 is 8.32 Å². The Hall–Kier alpha value is -0.153. The molecule has 0 aliphatic heterocycles. The fraction of sp³-hybridized carbons (Fsp3) is 0.941. The first-order valence-electron chi connectivity index (χ1n) is 8.58. The molecule has 0 aromatic carbocycles. The Morgan fingerprint density at radius 1 is 0.850 bits per heavy atom. The van der Waals surface area contributed by atoms with Crippen LogP contribution in [0, 0.1) is 0 Å². The number of ketones is 1. The van der Waals surface area contributed by atoms with Crippen LogP contribution in [0.15, 0.2) is 0 Å². The van der Waals surface area contributed by atoms with Crippen molar-refractivity contribution in [1.82, 2.24) is 0 Å². The van der Waals surface area contributed by atoms with Gasteiger partial charge in [-0.1, -0.05) is 51.9 Å². The first kappa shape index (κ1) is 19.8. The SMILES string of the molecule is CCCC(=O)CCCCCCCCCC[Si](C)(C)OC. The maximum Gasteiger partial charge on any atom is 0.186 e. The maximum atomic E-state index is 11.3. The fourth-order valence-corrected chi connectivity index (χ4v) is 3.75. The predicted molar refractivity (Wildman–Crippen MR) is 90.8 cm³/mol. The smallest absolute Gasteiger partial charge is 0.186 e. The lowest BCUT2D eigenvalue weighted by Gasteiger charge is -2.19. The van der Waals surface area contributed by atoms with Crippen molar-refractivity contribution in [1.29, 1.82) is 0 Å².